The van der Waals surface area contributed by atoms with Crippen LogP contribution in [0.15, 0.2) is 53.4 Å². The van der Waals surface area contributed by atoms with Crippen molar-refractivity contribution >= 4 is 17.7 Å². The third kappa shape index (κ3) is 2.94. The molecule has 0 aliphatic carbocycles. The number of thioether (sulfide) groups is 1. The molecule has 0 saturated carbocycles. The molecule has 0 bridgehead atoms. The molecule has 24 heavy (non-hydrogen) atoms. The van der Waals surface area contributed by atoms with Gasteiger partial charge in [0.2, 0.25) is 5.91 Å². The monoisotopic (exact) mass is 342 g/mol. The zero-order valence-electron chi connectivity index (χ0n) is 13.2. The molecule has 2 unspecified atom stereocenters. The van der Waals surface area contributed by atoms with Gasteiger partial charge in [0.15, 0.2) is 0 Å². The summed E-state index contributed by atoms with van der Waals surface area (Å²) in [5, 5.41) is 3.25. The Labute approximate surface area is 145 Å². The molecule has 2 aromatic carbocycles. The minimum absolute atomic E-state index is 0.0726. The Morgan fingerprint density at radius 1 is 1.21 bits per heavy atom. The molecule has 2 heterocycles. The Bertz CT molecular complexity index is 742. The van der Waals surface area contributed by atoms with Gasteiger partial charge in [-0.25, -0.2) is 4.39 Å². The third-order valence-electron chi connectivity index (χ3n) is 4.68. The first-order valence-corrected chi connectivity index (χ1v) is 9.11. The minimum Gasteiger partial charge on any atom is -0.332 e. The average molecular weight is 342 g/mol. The number of halogens is 1. The fraction of sp³-hybridized carbons (Fsp3) is 0.316. The van der Waals surface area contributed by atoms with Crippen molar-refractivity contribution in [2.24, 2.45) is 0 Å². The van der Waals surface area contributed by atoms with Gasteiger partial charge in [-0.15, -0.1) is 11.8 Å². The Balaban J connectivity index is 1.56. The average Bonchev–Trinajstić information content (AvgIpc) is 3.05. The normalized spacial score (nSPS) is 23.1. The molecule has 1 fully saturated rings. The van der Waals surface area contributed by atoms with Crippen molar-refractivity contribution in [1.82, 2.24) is 10.2 Å². The van der Waals surface area contributed by atoms with Crippen LogP contribution in [-0.4, -0.2) is 35.7 Å². The summed E-state index contributed by atoms with van der Waals surface area (Å²) in [4.78, 5) is 16.2. The van der Waals surface area contributed by atoms with Gasteiger partial charge < -0.3 is 10.2 Å². The highest BCUT2D eigenvalue weighted by atomic mass is 32.2. The number of nitrogens with zero attached hydrogens (tertiary/aromatic N) is 1. The summed E-state index contributed by atoms with van der Waals surface area (Å²) in [5.41, 5.74) is 2.11. The second kappa shape index (κ2) is 6.57. The number of piperazine rings is 1. The Morgan fingerprint density at radius 2 is 2.08 bits per heavy atom. The van der Waals surface area contributed by atoms with Gasteiger partial charge in [0.25, 0.3) is 0 Å². The van der Waals surface area contributed by atoms with E-state index in [1.54, 1.807) is 17.8 Å². The number of rotatable bonds is 2. The highest BCUT2D eigenvalue weighted by Gasteiger charge is 2.36. The molecule has 124 valence electrons. The van der Waals surface area contributed by atoms with E-state index in [1.165, 1.54) is 22.6 Å². The van der Waals surface area contributed by atoms with Gasteiger partial charge in [0.05, 0.1) is 11.3 Å². The van der Waals surface area contributed by atoms with E-state index >= 15 is 0 Å². The SMILES string of the molecule is O=C(C1Cc2ccccc2S1)N1CCNCC1c1cccc(F)c1. The molecule has 2 aliphatic heterocycles. The van der Waals surface area contributed by atoms with Crippen LogP contribution in [-0.2, 0) is 11.2 Å². The number of hydrogen-bond donors (Lipinski definition) is 1. The lowest BCUT2D eigenvalue weighted by molar-refractivity contribution is -0.133. The van der Waals surface area contributed by atoms with Crippen LogP contribution in [0.2, 0.25) is 0 Å². The van der Waals surface area contributed by atoms with Gasteiger partial charge >= 0.3 is 0 Å². The van der Waals surface area contributed by atoms with Crippen LogP contribution in [0.4, 0.5) is 4.39 Å². The fourth-order valence-corrected chi connectivity index (χ4v) is 4.75. The molecule has 1 amide bonds. The molecule has 5 heteroatoms. The number of nitrogens with one attached hydrogen (secondary N) is 1. The van der Waals surface area contributed by atoms with E-state index in [4.69, 9.17) is 0 Å². The maximum atomic E-state index is 13.6. The number of carbonyl (C=O) groups is 1. The van der Waals surface area contributed by atoms with E-state index < -0.39 is 0 Å². The summed E-state index contributed by atoms with van der Waals surface area (Å²) in [5.74, 6) is -0.0971. The minimum atomic E-state index is -0.256. The molecular weight excluding hydrogens is 323 g/mol. The Hall–Kier alpha value is -1.85. The van der Waals surface area contributed by atoms with Gasteiger partial charge in [-0.1, -0.05) is 30.3 Å². The van der Waals surface area contributed by atoms with Crippen molar-refractivity contribution in [2.45, 2.75) is 22.6 Å². The second-order valence-corrected chi connectivity index (χ2v) is 7.47. The molecule has 2 atom stereocenters. The third-order valence-corrected chi connectivity index (χ3v) is 5.99. The zero-order chi connectivity index (χ0) is 16.5. The van der Waals surface area contributed by atoms with Crippen molar-refractivity contribution in [3.05, 3.63) is 65.5 Å². The smallest absolute Gasteiger partial charge is 0.237 e. The highest BCUT2D eigenvalue weighted by molar-refractivity contribution is 8.01. The van der Waals surface area contributed by atoms with Crippen molar-refractivity contribution < 1.29 is 9.18 Å². The topological polar surface area (TPSA) is 32.3 Å². The number of benzene rings is 2. The maximum Gasteiger partial charge on any atom is 0.237 e. The van der Waals surface area contributed by atoms with Crippen molar-refractivity contribution in [3.8, 4) is 0 Å². The molecule has 0 aromatic heterocycles. The van der Waals surface area contributed by atoms with Crippen LogP contribution in [0, 0.1) is 5.82 Å². The number of hydrogen-bond acceptors (Lipinski definition) is 3. The summed E-state index contributed by atoms with van der Waals surface area (Å²) in [6.45, 7) is 2.11. The van der Waals surface area contributed by atoms with Crippen molar-refractivity contribution in [1.29, 1.82) is 0 Å². The number of carbonyl (C=O) groups excluding carboxylic acids is 1. The largest absolute Gasteiger partial charge is 0.332 e. The molecule has 3 nitrogen and oxygen atoms in total. The van der Waals surface area contributed by atoms with Gasteiger partial charge in [0.1, 0.15) is 5.82 Å². The van der Waals surface area contributed by atoms with Crippen LogP contribution >= 0.6 is 11.8 Å². The summed E-state index contributed by atoms with van der Waals surface area (Å²) in [7, 11) is 0. The zero-order valence-corrected chi connectivity index (χ0v) is 14.1. The Morgan fingerprint density at radius 3 is 2.92 bits per heavy atom. The van der Waals surface area contributed by atoms with Crippen LogP contribution < -0.4 is 5.32 Å². The fourth-order valence-electron chi connectivity index (χ4n) is 3.48. The van der Waals surface area contributed by atoms with Crippen LogP contribution in [0.25, 0.3) is 0 Å². The van der Waals surface area contributed by atoms with Crippen molar-refractivity contribution in [2.75, 3.05) is 19.6 Å². The number of fused-ring (bicyclic) bond motifs is 1. The van der Waals surface area contributed by atoms with Gasteiger partial charge in [-0.2, -0.15) is 0 Å². The summed E-state index contributed by atoms with van der Waals surface area (Å²) < 4.78 is 13.6. The van der Waals surface area contributed by atoms with E-state index in [0.717, 1.165) is 18.5 Å². The van der Waals surface area contributed by atoms with Gasteiger partial charge in [-0.3, -0.25) is 4.79 Å². The lowest BCUT2D eigenvalue weighted by Gasteiger charge is -2.38. The van der Waals surface area contributed by atoms with Crippen LogP contribution in [0.1, 0.15) is 17.2 Å². The first-order valence-electron chi connectivity index (χ1n) is 8.23. The molecule has 1 N–H and O–H groups in total. The molecule has 0 radical (unpaired) electrons. The predicted molar refractivity (Wildman–Crippen MR) is 93.5 cm³/mol. The Kier molecular flexibility index (Phi) is 4.29. The molecule has 1 saturated heterocycles. The predicted octanol–water partition coefficient (Wildman–Crippen LogP) is 3.02. The molecule has 4 rings (SSSR count). The van der Waals surface area contributed by atoms with Gasteiger partial charge in [-0.05, 0) is 35.7 Å². The summed E-state index contributed by atoms with van der Waals surface area (Å²) >= 11 is 1.65. The summed E-state index contributed by atoms with van der Waals surface area (Å²) in [6.07, 6.45) is 0.777. The maximum absolute atomic E-state index is 13.6. The molecule has 2 aromatic rings. The molecular formula is C19H19FN2OS. The lowest BCUT2D eigenvalue weighted by atomic mass is 10.0. The number of amides is 1. The first kappa shape index (κ1) is 15.7. The van der Waals surface area contributed by atoms with E-state index in [9.17, 15) is 9.18 Å². The quantitative estimate of drug-likeness (QED) is 0.911. The van der Waals surface area contributed by atoms with Crippen molar-refractivity contribution in [3.63, 3.8) is 0 Å². The standard InChI is InChI=1S/C19H19FN2OS/c20-15-6-3-5-13(10-15)16-12-21-8-9-22(16)19(23)18-11-14-4-1-2-7-17(14)24-18/h1-7,10,16,18,21H,8-9,11-12H2. The van der Waals surface area contributed by atoms with Crippen LogP contribution in [0.5, 0.6) is 0 Å². The van der Waals surface area contributed by atoms with E-state index in [0.29, 0.717) is 13.1 Å². The molecule has 2 aliphatic rings. The van der Waals surface area contributed by atoms with Crippen LogP contribution in [0.3, 0.4) is 0 Å². The summed E-state index contributed by atoms with van der Waals surface area (Å²) in [6, 6.07) is 14.7. The highest BCUT2D eigenvalue weighted by Crippen LogP contribution is 2.38. The van der Waals surface area contributed by atoms with E-state index in [1.807, 2.05) is 23.1 Å². The lowest BCUT2D eigenvalue weighted by Crippen LogP contribution is -2.51. The second-order valence-electron chi connectivity index (χ2n) is 6.22. The molecule has 0 spiro atoms. The van der Waals surface area contributed by atoms with E-state index in [2.05, 4.69) is 17.4 Å². The van der Waals surface area contributed by atoms with Gasteiger partial charge in [0, 0.05) is 24.5 Å². The first-order chi connectivity index (χ1) is 11.7. The van der Waals surface area contributed by atoms with E-state index in [-0.39, 0.29) is 23.0 Å².